The Bertz CT molecular complexity index is 1190. The summed E-state index contributed by atoms with van der Waals surface area (Å²) < 4.78 is 25.9. The minimum absolute atomic E-state index is 0.304. The molecule has 6 nitrogen and oxygen atoms in total. The Morgan fingerprint density at radius 1 is 1.13 bits per heavy atom. The van der Waals surface area contributed by atoms with Crippen LogP contribution in [0.4, 0.5) is 4.39 Å². The number of benzene rings is 2. The predicted octanol–water partition coefficient (Wildman–Crippen LogP) is 5.11. The fourth-order valence-corrected chi connectivity index (χ4v) is 4.00. The van der Waals surface area contributed by atoms with Crippen molar-refractivity contribution in [1.29, 1.82) is 0 Å². The second-order valence-electron chi connectivity index (χ2n) is 6.85. The third kappa shape index (κ3) is 4.69. The van der Waals surface area contributed by atoms with Gasteiger partial charge in [0, 0.05) is 5.56 Å². The van der Waals surface area contributed by atoms with Gasteiger partial charge in [-0.3, -0.25) is 4.57 Å². The maximum atomic E-state index is 13.4. The standard InChI is InChI=1S/C23H20FN3O3S/c1-15-20(22(28)29-2)12-19(30-15)14-31-23-26-25-21(17-8-10-18(24)11-9-17)27(23)13-16-6-4-3-5-7-16/h3-12H,13-14H2,1-2H3. The van der Waals surface area contributed by atoms with Crippen LogP contribution in [-0.4, -0.2) is 27.8 Å². The van der Waals surface area contributed by atoms with Crippen molar-refractivity contribution in [1.82, 2.24) is 14.8 Å². The van der Waals surface area contributed by atoms with E-state index in [2.05, 4.69) is 10.2 Å². The van der Waals surface area contributed by atoms with Crippen LogP contribution in [-0.2, 0) is 17.0 Å². The molecule has 0 unspecified atom stereocenters. The van der Waals surface area contributed by atoms with Gasteiger partial charge in [-0.15, -0.1) is 10.2 Å². The predicted molar refractivity (Wildman–Crippen MR) is 115 cm³/mol. The number of hydrogen-bond donors (Lipinski definition) is 0. The SMILES string of the molecule is COC(=O)c1cc(CSc2nnc(-c3ccc(F)cc3)n2Cc2ccccc2)oc1C. The lowest BCUT2D eigenvalue weighted by molar-refractivity contribution is 0.0599. The molecular weight excluding hydrogens is 417 g/mol. The van der Waals surface area contributed by atoms with E-state index in [1.807, 2.05) is 34.9 Å². The topological polar surface area (TPSA) is 70.2 Å². The molecule has 2 aromatic heterocycles. The smallest absolute Gasteiger partial charge is 0.341 e. The van der Waals surface area contributed by atoms with Crippen LogP contribution in [0.15, 0.2) is 70.2 Å². The lowest BCUT2D eigenvalue weighted by Crippen LogP contribution is -2.04. The van der Waals surface area contributed by atoms with E-state index >= 15 is 0 Å². The number of methoxy groups -OCH3 is 1. The van der Waals surface area contributed by atoms with Crippen LogP contribution in [0, 0.1) is 12.7 Å². The molecule has 0 fully saturated rings. The fraction of sp³-hybridized carbons (Fsp3) is 0.174. The van der Waals surface area contributed by atoms with Crippen molar-refractivity contribution in [2.45, 2.75) is 24.4 Å². The van der Waals surface area contributed by atoms with Crippen LogP contribution in [0.5, 0.6) is 0 Å². The molecule has 2 aromatic carbocycles. The van der Waals surface area contributed by atoms with Gasteiger partial charge in [0.1, 0.15) is 22.9 Å². The Morgan fingerprint density at radius 3 is 2.58 bits per heavy atom. The van der Waals surface area contributed by atoms with Gasteiger partial charge in [0.25, 0.3) is 0 Å². The average Bonchev–Trinajstić information content (AvgIpc) is 3.36. The normalized spacial score (nSPS) is 10.9. The van der Waals surface area contributed by atoms with Gasteiger partial charge in [0.2, 0.25) is 0 Å². The van der Waals surface area contributed by atoms with Gasteiger partial charge in [-0.2, -0.15) is 0 Å². The summed E-state index contributed by atoms with van der Waals surface area (Å²) in [6.07, 6.45) is 0. The molecule has 0 saturated carbocycles. The highest BCUT2D eigenvalue weighted by atomic mass is 32.2. The Kier molecular flexibility index (Phi) is 6.18. The summed E-state index contributed by atoms with van der Waals surface area (Å²) in [5.74, 6) is 1.54. The van der Waals surface area contributed by atoms with E-state index in [-0.39, 0.29) is 5.82 Å². The molecule has 0 aliphatic rings. The van der Waals surface area contributed by atoms with Crippen molar-refractivity contribution in [2.24, 2.45) is 0 Å². The molecule has 8 heteroatoms. The van der Waals surface area contributed by atoms with Crippen LogP contribution >= 0.6 is 11.8 Å². The minimum Gasteiger partial charge on any atom is -0.465 e. The highest BCUT2D eigenvalue weighted by Gasteiger charge is 2.18. The Morgan fingerprint density at radius 2 is 1.87 bits per heavy atom. The first-order valence-electron chi connectivity index (χ1n) is 9.58. The molecule has 0 bridgehead atoms. The van der Waals surface area contributed by atoms with Crippen LogP contribution in [0.25, 0.3) is 11.4 Å². The molecular formula is C23H20FN3O3S. The van der Waals surface area contributed by atoms with Crippen LogP contribution < -0.4 is 0 Å². The number of aromatic nitrogens is 3. The number of hydrogen-bond acceptors (Lipinski definition) is 6. The maximum absolute atomic E-state index is 13.4. The largest absolute Gasteiger partial charge is 0.465 e. The molecule has 0 amide bonds. The monoisotopic (exact) mass is 437 g/mol. The van der Waals surface area contributed by atoms with E-state index in [0.29, 0.717) is 40.4 Å². The van der Waals surface area contributed by atoms with E-state index in [4.69, 9.17) is 9.15 Å². The molecule has 31 heavy (non-hydrogen) atoms. The molecule has 0 aliphatic heterocycles. The summed E-state index contributed by atoms with van der Waals surface area (Å²) in [5.41, 5.74) is 2.28. The number of halogens is 1. The zero-order valence-electron chi connectivity index (χ0n) is 17.0. The molecule has 0 saturated heterocycles. The van der Waals surface area contributed by atoms with Crippen molar-refractivity contribution < 1.29 is 18.3 Å². The zero-order valence-corrected chi connectivity index (χ0v) is 17.9. The molecule has 0 radical (unpaired) electrons. The molecule has 158 valence electrons. The summed E-state index contributed by atoms with van der Waals surface area (Å²) >= 11 is 1.45. The lowest BCUT2D eigenvalue weighted by atomic mass is 10.2. The number of nitrogens with zero attached hydrogens (tertiary/aromatic N) is 3. The van der Waals surface area contributed by atoms with Gasteiger partial charge in [0.15, 0.2) is 11.0 Å². The fourth-order valence-electron chi connectivity index (χ4n) is 3.18. The van der Waals surface area contributed by atoms with E-state index in [9.17, 15) is 9.18 Å². The number of carbonyl (C=O) groups is 1. The van der Waals surface area contributed by atoms with Crippen LogP contribution in [0.3, 0.4) is 0 Å². The molecule has 2 heterocycles. The second-order valence-corrected chi connectivity index (χ2v) is 7.79. The minimum atomic E-state index is -0.427. The quantitative estimate of drug-likeness (QED) is 0.295. The number of furan rings is 1. The first kappa shape index (κ1) is 20.9. The highest BCUT2D eigenvalue weighted by Crippen LogP contribution is 2.29. The van der Waals surface area contributed by atoms with Crippen molar-refractivity contribution in [2.75, 3.05) is 7.11 Å². The van der Waals surface area contributed by atoms with Crippen molar-refractivity contribution in [3.05, 3.63) is 89.1 Å². The number of carbonyl (C=O) groups excluding carboxylic acids is 1. The molecule has 4 aromatic rings. The van der Waals surface area contributed by atoms with E-state index in [1.165, 1.54) is 31.0 Å². The van der Waals surface area contributed by atoms with Gasteiger partial charge in [-0.05, 0) is 42.8 Å². The van der Waals surface area contributed by atoms with Crippen LogP contribution in [0.2, 0.25) is 0 Å². The van der Waals surface area contributed by atoms with Gasteiger partial charge in [-0.1, -0.05) is 42.1 Å². The van der Waals surface area contributed by atoms with Gasteiger partial charge in [-0.25, -0.2) is 9.18 Å². The summed E-state index contributed by atoms with van der Waals surface area (Å²) in [5, 5.41) is 9.40. The summed E-state index contributed by atoms with van der Waals surface area (Å²) in [6, 6.07) is 17.9. The Hall–Kier alpha value is -3.39. The third-order valence-corrected chi connectivity index (χ3v) is 5.71. The van der Waals surface area contributed by atoms with E-state index in [0.717, 1.165) is 11.1 Å². The molecule has 0 N–H and O–H groups in total. The summed E-state index contributed by atoms with van der Waals surface area (Å²) in [6.45, 7) is 2.29. The van der Waals surface area contributed by atoms with Crippen molar-refractivity contribution in [3.8, 4) is 11.4 Å². The average molecular weight is 437 g/mol. The molecule has 0 atom stereocenters. The van der Waals surface area contributed by atoms with Gasteiger partial charge in [0.05, 0.1) is 19.4 Å². The van der Waals surface area contributed by atoms with Crippen molar-refractivity contribution in [3.63, 3.8) is 0 Å². The lowest BCUT2D eigenvalue weighted by Gasteiger charge is -2.10. The number of aryl methyl sites for hydroxylation is 1. The zero-order chi connectivity index (χ0) is 21.8. The molecule has 4 rings (SSSR count). The van der Waals surface area contributed by atoms with E-state index in [1.54, 1.807) is 25.1 Å². The maximum Gasteiger partial charge on any atom is 0.341 e. The number of ether oxygens (including phenoxy) is 1. The van der Waals surface area contributed by atoms with Crippen LogP contribution in [0.1, 0.15) is 27.4 Å². The second kappa shape index (κ2) is 9.18. The number of rotatable bonds is 7. The summed E-state index contributed by atoms with van der Waals surface area (Å²) in [7, 11) is 1.34. The number of esters is 1. The highest BCUT2D eigenvalue weighted by molar-refractivity contribution is 7.98. The number of thioether (sulfide) groups is 1. The third-order valence-electron chi connectivity index (χ3n) is 4.72. The first-order chi connectivity index (χ1) is 15.0. The van der Waals surface area contributed by atoms with Gasteiger partial charge >= 0.3 is 5.97 Å². The van der Waals surface area contributed by atoms with E-state index < -0.39 is 5.97 Å². The molecule has 0 spiro atoms. The van der Waals surface area contributed by atoms with Crippen molar-refractivity contribution >= 4 is 17.7 Å². The molecule has 0 aliphatic carbocycles. The Balaban J connectivity index is 1.62. The first-order valence-corrected chi connectivity index (χ1v) is 10.6. The van der Waals surface area contributed by atoms with Gasteiger partial charge < -0.3 is 9.15 Å². The Labute approximate surface area is 183 Å². The summed E-state index contributed by atoms with van der Waals surface area (Å²) in [4.78, 5) is 11.8.